The molecule has 0 radical (unpaired) electrons. The number of methoxy groups -OCH3 is 1. The number of likely N-dealkylation sites (tertiary alicyclic amines) is 1. The van der Waals surface area contributed by atoms with Crippen LogP contribution in [0.25, 0.3) is 0 Å². The van der Waals surface area contributed by atoms with Crippen molar-refractivity contribution in [3.63, 3.8) is 0 Å². The fraction of sp³-hybridized carbons (Fsp3) is 0.500. The van der Waals surface area contributed by atoms with E-state index in [0.29, 0.717) is 12.3 Å². The summed E-state index contributed by atoms with van der Waals surface area (Å²) in [5.74, 6) is 1.64. The summed E-state index contributed by atoms with van der Waals surface area (Å²) in [5.41, 5.74) is 0.972. The largest absolute Gasteiger partial charge is 0.496 e. The fourth-order valence-electron chi connectivity index (χ4n) is 2.29. The van der Waals surface area contributed by atoms with Crippen LogP contribution in [-0.4, -0.2) is 31.0 Å². The van der Waals surface area contributed by atoms with Crippen molar-refractivity contribution >= 4 is 5.91 Å². The summed E-state index contributed by atoms with van der Waals surface area (Å²) in [7, 11) is 1.64. The number of para-hydroxylation sites is 1. The Bertz CT molecular complexity index is 403. The highest BCUT2D eigenvalue weighted by molar-refractivity contribution is 5.79. The van der Waals surface area contributed by atoms with Crippen LogP contribution < -0.4 is 4.74 Å². The van der Waals surface area contributed by atoms with Crippen molar-refractivity contribution in [1.29, 1.82) is 0 Å². The van der Waals surface area contributed by atoms with Crippen molar-refractivity contribution in [2.75, 3.05) is 20.2 Å². The van der Waals surface area contributed by atoms with Crippen molar-refractivity contribution < 1.29 is 9.53 Å². The molecule has 1 aliphatic heterocycles. The molecule has 0 bridgehead atoms. The summed E-state index contributed by atoms with van der Waals surface area (Å²) >= 11 is 0. The fourth-order valence-corrected chi connectivity index (χ4v) is 2.29. The van der Waals surface area contributed by atoms with Crippen molar-refractivity contribution in [1.82, 2.24) is 4.90 Å². The SMILES string of the molecule is COc1ccccc1CC(=O)N1CCC(C)C1. The van der Waals surface area contributed by atoms with Crippen molar-refractivity contribution in [2.45, 2.75) is 19.8 Å². The molecule has 0 aliphatic carbocycles. The van der Waals surface area contributed by atoms with E-state index in [1.54, 1.807) is 7.11 Å². The van der Waals surface area contributed by atoms with Gasteiger partial charge in [0.05, 0.1) is 13.5 Å². The van der Waals surface area contributed by atoms with E-state index >= 15 is 0 Å². The molecule has 1 aliphatic rings. The molecule has 1 aromatic rings. The monoisotopic (exact) mass is 233 g/mol. The highest BCUT2D eigenvalue weighted by atomic mass is 16.5. The average Bonchev–Trinajstić information content (AvgIpc) is 2.77. The number of carbonyl (C=O) groups excluding carboxylic acids is 1. The molecule has 1 amide bonds. The Morgan fingerprint density at radius 1 is 1.47 bits per heavy atom. The highest BCUT2D eigenvalue weighted by Crippen LogP contribution is 2.21. The molecule has 92 valence electrons. The molecule has 0 aromatic heterocycles. The maximum Gasteiger partial charge on any atom is 0.227 e. The van der Waals surface area contributed by atoms with Gasteiger partial charge in [-0.05, 0) is 18.4 Å². The average molecular weight is 233 g/mol. The van der Waals surface area contributed by atoms with Gasteiger partial charge < -0.3 is 9.64 Å². The summed E-state index contributed by atoms with van der Waals surface area (Å²) in [6, 6.07) is 7.72. The molecule has 3 heteroatoms. The van der Waals surface area contributed by atoms with Gasteiger partial charge in [0, 0.05) is 18.7 Å². The Morgan fingerprint density at radius 2 is 2.24 bits per heavy atom. The second-order valence-corrected chi connectivity index (χ2v) is 4.72. The zero-order valence-corrected chi connectivity index (χ0v) is 10.5. The molecular formula is C14H19NO2. The van der Waals surface area contributed by atoms with Gasteiger partial charge in [-0.3, -0.25) is 4.79 Å². The summed E-state index contributed by atoms with van der Waals surface area (Å²) in [6.45, 7) is 3.99. The molecule has 1 aromatic carbocycles. The van der Waals surface area contributed by atoms with Gasteiger partial charge in [-0.1, -0.05) is 25.1 Å². The van der Waals surface area contributed by atoms with Crippen LogP contribution in [0.3, 0.4) is 0 Å². The lowest BCUT2D eigenvalue weighted by Gasteiger charge is -2.16. The van der Waals surface area contributed by atoms with Crippen LogP contribution >= 0.6 is 0 Å². The summed E-state index contributed by atoms with van der Waals surface area (Å²) in [6.07, 6.45) is 1.56. The molecule has 0 N–H and O–H groups in total. The number of amides is 1. The van der Waals surface area contributed by atoms with Crippen molar-refractivity contribution in [3.8, 4) is 5.75 Å². The molecular weight excluding hydrogens is 214 g/mol. The lowest BCUT2D eigenvalue weighted by molar-refractivity contribution is -0.129. The number of nitrogens with zero attached hydrogens (tertiary/aromatic N) is 1. The van der Waals surface area contributed by atoms with Gasteiger partial charge in [0.25, 0.3) is 0 Å². The lowest BCUT2D eigenvalue weighted by atomic mass is 10.1. The van der Waals surface area contributed by atoms with E-state index in [-0.39, 0.29) is 5.91 Å². The predicted octanol–water partition coefficient (Wildman–Crippen LogP) is 2.11. The first kappa shape index (κ1) is 12.0. The first-order chi connectivity index (χ1) is 8.20. The molecule has 1 unspecified atom stereocenters. The number of hydrogen-bond acceptors (Lipinski definition) is 2. The third-order valence-electron chi connectivity index (χ3n) is 3.31. The Hall–Kier alpha value is -1.51. The minimum Gasteiger partial charge on any atom is -0.496 e. The summed E-state index contributed by atoms with van der Waals surface area (Å²) in [5, 5.41) is 0. The summed E-state index contributed by atoms with van der Waals surface area (Å²) < 4.78 is 5.26. The highest BCUT2D eigenvalue weighted by Gasteiger charge is 2.23. The van der Waals surface area contributed by atoms with Gasteiger partial charge in [0.2, 0.25) is 5.91 Å². The van der Waals surface area contributed by atoms with Crippen LogP contribution in [0.2, 0.25) is 0 Å². The number of carbonyl (C=O) groups is 1. The van der Waals surface area contributed by atoms with Crippen LogP contribution in [-0.2, 0) is 11.2 Å². The second kappa shape index (κ2) is 5.21. The van der Waals surface area contributed by atoms with E-state index < -0.39 is 0 Å². The predicted molar refractivity (Wildman–Crippen MR) is 67.1 cm³/mol. The first-order valence-electron chi connectivity index (χ1n) is 6.10. The zero-order chi connectivity index (χ0) is 12.3. The smallest absolute Gasteiger partial charge is 0.227 e. The van der Waals surface area contributed by atoms with Crippen LogP contribution in [0.15, 0.2) is 24.3 Å². The van der Waals surface area contributed by atoms with Crippen LogP contribution in [0, 0.1) is 5.92 Å². The number of rotatable bonds is 3. The molecule has 0 saturated carbocycles. The standard InChI is InChI=1S/C14H19NO2/c1-11-7-8-15(10-11)14(16)9-12-5-3-4-6-13(12)17-2/h3-6,11H,7-10H2,1-2H3. The second-order valence-electron chi connectivity index (χ2n) is 4.72. The minimum absolute atomic E-state index is 0.207. The van der Waals surface area contributed by atoms with Gasteiger partial charge in [-0.2, -0.15) is 0 Å². The first-order valence-corrected chi connectivity index (χ1v) is 6.10. The topological polar surface area (TPSA) is 29.5 Å². The van der Waals surface area contributed by atoms with Crippen LogP contribution in [0.5, 0.6) is 5.75 Å². The van der Waals surface area contributed by atoms with E-state index in [9.17, 15) is 4.79 Å². The Kier molecular flexibility index (Phi) is 3.67. The Labute approximate surface area is 102 Å². The van der Waals surface area contributed by atoms with Crippen molar-refractivity contribution in [2.24, 2.45) is 5.92 Å². The van der Waals surface area contributed by atoms with Crippen molar-refractivity contribution in [3.05, 3.63) is 29.8 Å². The third-order valence-corrected chi connectivity index (χ3v) is 3.31. The molecule has 1 heterocycles. The maximum absolute atomic E-state index is 12.1. The Morgan fingerprint density at radius 3 is 2.88 bits per heavy atom. The third kappa shape index (κ3) is 2.78. The molecule has 3 nitrogen and oxygen atoms in total. The molecule has 1 atom stereocenters. The minimum atomic E-state index is 0.207. The molecule has 1 saturated heterocycles. The number of ether oxygens (including phenoxy) is 1. The van der Waals surface area contributed by atoms with Crippen LogP contribution in [0.4, 0.5) is 0 Å². The normalized spacial score (nSPS) is 19.4. The van der Waals surface area contributed by atoms with Gasteiger partial charge in [-0.25, -0.2) is 0 Å². The number of benzene rings is 1. The quantitative estimate of drug-likeness (QED) is 0.800. The Balaban J connectivity index is 2.03. The molecule has 0 spiro atoms. The molecule has 1 fully saturated rings. The van der Waals surface area contributed by atoms with Gasteiger partial charge in [0.15, 0.2) is 0 Å². The number of hydrogen-bond donors (Lipinski definition) is 0. The van der Waals surface area contributed by atoms with E-state index in [1.165, 1.54) is 0 Å². The molecule has 2 rings (SSSR count). The van der Waals surface area contributed by atoms with E-state index in [4.69, 9.17) is 4.74 Å². The van der Waals surface area contributed by atoms with Gasteiger partial charge in [-0.15, -0.1) is 0 Å². The molecule has 17 heavy (non-hydrogen) atoms. The summed E-state index contributed by atoms with van der Waals surface area (Å²) in [4.78, 5) is 14.1. The van der Waals surface area contributed by atoms with Gasteiger partial charge in [0.1, 0.15) is 5.75 Å². The van der Waals surface area contributed by atoms with E-state index in [2.05, 4.69) is 6.92 Å². The lowest BCUT2D eigenvalue weighted by Crippen LogP contribution is -2.29. The maximum atomic E-state index is 12.1. The van der Waals surface area contributed by atoms with Crippen LogP contribution in [0.1, 0.15) is 18.9 Å². The zero-order valence-electron chi connectivity index (χ0n) is 10.5. The van der Waals surface area contributed by atoms with E-state index in [1.807, 2.05) is 29.2 Å². The van der Waals surface area contributed by atoms with E-state index in [0.717, 1.165) is 30.8 Å². The van der Waals surface area contributed by atoms with Gasteiger partial charge >= 0.3 is 0 Å².